The fourth-order valence-corrected chi connectivity index (χ4v) is 1.57. The van der Waals surface area contributed by atoms with Crippen LogP contribution < -0.4 is 0 Å². The molecule has 2 N–H and O–H groups in total. The van der Waals surface area contributed by atoms with Gasteiger partial charge in [0.15, 0.2) is 0 Å². The number of aliphatic hydroxyl groups excluding tert-OH is 2. The van der Waals surface area contributed by atoms with E-state index < -0.39 is 0 Å². The molecule has 82 valence electrons. The van der Waals surface area contributed by atoms with Crippen molar-refractivity contribution in [3.63, 3.8) is 0 Å². The Morgan fingerprint density at radius 2 is 2.07 bits per heavy atom. The van der Waals surface area contributed by atoms with Crippen LogP contribution in [0.2, 0.25) is 0 Å². The zero-order chi connectivity index (χ0) is 11.3. The molecule has 0 saturated heterocycles. The SMILES string of the molecule is CC/C(=C\C=C(/C)O)C1=CC=C(O)CC1. The molecule has 0 aromatic heterocycles. The van der Waals surface area contributed by atoms with Crippen molar-refractivity contribution in [1.29, 1.82) is 0 Å². The summed E-state index contributed by atoms with van der Waals surface area (Å²) in [7, 11) is 0. The Hall–Kier alpha value is -1.44. The zero-order valence-corrected chi connectivity index (χ0v) is 9.33. The normalized spacial score (nSPS) is 18.5. The fraction of sp³-hybridized carbons (Fsp3) is 0.385. The summed E-state index contributed by atoms with van der Waals surface area (Å²) in [5.41, 5.74) is 2.46. The summed E-state index contributed by atoms with van der Waals surface area (Å²) in [6, 6.07) is 0. The molecule has 2 nitrogen and oxygen atoms in total. The van der Waals surface area contributed by atoms with Gasteiger partial charge in [0.2, 0.25) is 0 Å². The minimum Gasteiger partial charge on any atom is -0.513 e. The van der Waals surface area contributed by atoms with Crippen molar-refractivity contribution in [3.05, 3.63) is 47.0 Å². The van der Waals surface area contributed by atoms with Crippen LogP contribution >= 0.6 is 0 Å². The highest BCUT2D eigenvalue weighted by Crippen LogP contribution is 2.25. The molecule has 0 fully saturated rings. The summed E-state index contributed by atoms with van der Waals surface area (Å²) in [6.07, 6.45) is 9.87. The van der Waals surface area contributed by atoms with Crippen LogP contribution in [0.5, 0.6) is 0 Å². The Labute approximate surface area is 90.9 Å². The predicted molar refractivity (Wildman–Crippen MR) is 62.8 cm³/mol. The third-order valence-corrected chi connectivity index (χ3v) is 2.45. The highest BCUT2D eigenvalue weighted by molar-refractivity contribution is 5.38. The van der Waals surface area contributed by atoms with Crippen molar-refractivity contribution in [3.8, 4) is 0 Å². The van der Waals surface area contributed by atoms with Crippen LogP contribution in [-0.2, 0) is 0 Å². The first kappa shape index (κ1) is 11.6. The molecule has 0 heterocycles. The number of rotatable bonds is 3. The van der Waals surface area contributed by atoms with Crippen molar-refractivity contribution >= 4 is 0 Å². The van der Waals surface area contributed by atoms with E-state index in [0.29, 0.717) is 17.9 Å². The molecule has 15 heavy (non-hydrogen) atoms. The number of allylic oxidation sites excluding steroid dienone is 8. The first-order chi connectivity index (χ1) is 7.13. The third-order valence-electron chi connectivity index (χ3n) is 2.45. The summed E-state index contributed by atoms with van der Waals surface area (Å²) in [6.45, 7) is 3.75. The minimum atomic E-state index is 0.316. The molecule has 1 rings (SSSR count). The van der Waals surface area contributed by atoms with Gasteiger partial charge < -0.3 is 10.2 Å². The Morgan fingerprint density at radius 1 is 1.33 bits per heavy atom. The molecule has 0 bridgehead atoms. The Morgan fingerprint density at radius 3 is 2.53 bits per heavy atom. The molecule has 1 aliphatic carbocycles. The van der Waals surface area contributed by atoms with Crippen LogP contribution in [0.1, 0.15) is 33.1 Å². The number of hydrogen-bond donors (Lipinski definition) is 2. The fourth-order valence-electron chi connectivity index (χ4n) is 1.57. The van der Waals surface area contributed by atoms with Gasteiger partial charge in [-0.05, 0) is 43.1 Å². The summed E-state index contributed by atoms with van der Waals surface area (Å²) < 4.78 is 0. The van der Waals surface area contributed by atoms with Crippen LogP contribution in [0.4, 0.5) is 0 Å². The first-order valence-corrected chi connectivity index (χ1v) is 5.29. The van der Waals surface area contributed by atoms with Crippen LogP contribution in [0, 0.1) is 0 Å². The van der Waals surface area contributed by atoms with Gasteiger partial charge in [-0.1, -0.05) is 19.1 Å². The average Bonchev–Trinajstić information content (AvgIpc) is 2.21. The second kappa shape index (κ2) is 5.44. The highest BCUT2D eigenvalue weighted by Gasteiger charge is 2.07. The second-order valence-electron chi connectivity index (χ2n) is 3.70. The van der Waals surface area contributed by atoms with Gasteiger partial charge >= 0.3 is 0 Å². The van der Waals surface area contributed by atoms with Crippen LogP contribution in [0.3, 0.4) is 0 Å². The lowest BCUT2D eigenvalue weighted by molar-refractivity contribution is 0.386. The van der Waals surface area contributed by atoms with E-state index in [1.807, 2.05) is 12.2 Å². The second-order valence-corrected chi connectivity index (χ2v) is 3.70. The number of aliphatic hydroxyl groups is 2. The van der Waals surface area contributed by atoms with Crippen molar-refractivity contribution in [1.82, 2.24) is 0 Å². The van der Waals surface area contributed by atoms with E-state index in [1.54, 1.807) is 19.1 Å². The molecular weight excluding hydrogens is 188 g/mol. The summed E-state index contributed by atoms with van der Waals surface area (Å²) in [5, 5.41) is 18.3. The monoisotopic (exact) mass is 206 g/mol. The van der Waals surface area contributed by atoms with Gasteiger partial charge in [-0.3, -0.25) is 0 Å². The molecule has 0 spiro atoms. The van der Waals surface area contributed by atoms with Crippen molar-refractivity contribution in [2.45, 2.75) is 33.1 Å². The smallest absolute Gasteiger partial charge is 0.0926 e. The maximum absolute atomic E-state index is 9.24. The Bertz CT molecular complexity index is 340. The van der Waals surface area contributed by atoms with Gasteiger partial charge in [0.25, 0.3) is 0 Å². The molecular formula is C13H18O2. The first-order valence-electron chi connectivity index (χ1n) is 5.29. The van der Waals surface area contributed by atoms with E-state index in [-0.39, 0.29) is 0 Å². The lowest BCUT2D eigenvalue weighted by atomic mass is 9.94. The van der Waals surface area contributed by atoms with Crippen molar-refractivity contribution in [2.75, 3.05) is 0 Å². The molecule has 0 saturated carbocycles. The molecule has 0 unspecified atom stereocenters. The molecule has 0 aromatic rings. The Kier molecular flexibility index (Phi) is 4.22. The lowest BCUT2D eigenvalue weighted by Crippen LogP contribution is -1.95. The summed E-state index contributed by atoms with van der Waals surface area (Å²) in [5.74, 6) is 0.763. The van der Waals surface area contributed by atoms with Crippen LogP contribution in [-0.4, -0.2) is 10.2 Å². The van der Waals surface area contributed by atoms with Crippen molar-refractivity contribution in [2.24, 2.45) is 0 Å². The molecule has 2 heteroatoms. The number of hydrogen-bond acceptors (Lipinski definition) is 2. The molecule has 0 aromatic carbocycles. The quantitative estimate of drug-likeness (QED) is 0.542. The van der Waals surface area contributed by atoms with E-state index in [4.69, 9.17) is 5.11 Å². The highest BCUT2D eigenvalue weighted by atomic mass is 16.3. The lowest BCUT2D eigenvalue weighted by Gasteiger charge is -2.13. The van der Waals surface area contributed by atoms with Gasteiger partial charge in [-0.15, -0.1) is 0 Å². The van der Waals surface area contributed by atoms with Gasteiger partial charge in [-0.25, -0.2) is 0 Å². The molecule has 0 radical (unpaired) electrons. The van der Waals surface area contributed by atoms with Crippen molar-refractivity contribution < 1.29 is 10.2 Å². The van der Waals surface area contributed by atoms with E-state index >= 15 is 0 Å². The Balaban J connectivity index is 2.85. The predicted octanol–water partition coefficient (Wildman–Crippen LogP) is 3.95. The van der Waals surface area contributed by atoms with Gasteiger partial charge in [-0.2, -0.15) is 0 Å². The standard InChI is InChI=1S/C13H18O2/c1-3-11(5-4-10(2)14)12-6-8-13(15)9-7-12/h4-6,8,14-15H,3,7,9H2,1-2H3/b10-4+,11-5+. The zero-order valence-electron chi connectivity index (χ0n) is 9.33. The average molecular weight is 206 g/mol. The van der Waals surface area contributed by atoms with Gasteiger partial charge in [0.1, 0.15) is 0 Å². The molecule has 1 aliphatic rings. The minimum absolute atomic E-state index is 0.316. The van der Waals surface area contributed by atoms with Crippen LogP contribution in [0.25, 0.3) is 0 Å². The molecule has 0 aliphatic heterocycles. The van der Waals surface area contributed by atoms with E-state index in [0.717, 1.165) is 12.8 Å². The van der Waals surface area contributed by atoms with Crippen LogP contribution in [0.15, 0.2) is 47.0 Å². The summed E-state index contributed by atoms with van der Waals surface area (Å²) >= 11 is 0. The van der Waals surface area contributed by atoms with E-state index in [9.17, 15) is 5.11 Å². The maximum atomic E-state index is 9.24. The largest absolute Gasteiger partial charge is 0.513 e. The van der Waals surface area contributed by atoms with E-state index in [2.05, 4.69) is 6.92 Å². The van der Waals surface area contributed by atoms with Gasteiger partial charge in [0.05, 0.1) is 11.5 Å². The van der Waals surface area contributed by atoms with Gasteiger partial charge in [0, 0.05) is 6.42 Å². The summed E-state index contributed by atoms with van der Waals surface area (Å²) in [4.78, 5) is 0. The molecule has 0 atom stereocenters. The topological polar surface area (TPSA) is 40.5 Å². The van der Waals surface area contributed by atoms with E-state index in [1.165, 1.54) is 11.1 Å². The maximum Gasteiger partial charge on any atom is 0.0926 e. The molecule has 0 amide bonds. The third kappa shape index (κ3) is 3.66.